The maximum Gasteiger partial charge on any atom is 0.253 e. The van der Waals surface area contributed by atoms with Crippen LogP contribution in [0.4, 0.5) is 5.69 Å². The van der Waals surface area contributed by atoms with E-state index in [0.29, 0.717) is 17.8 Å². The number of amides is 2. The largest absolute Gasteiger partial charge is 0.352 e. The second-order valence-electron chi connectivity index (χ2n) is 4.53. The van der Waals surface area contributed by atoms with Crippen molar-refractivity contribution in [2.75, 3.05) is 11.9 Å². The van der Waals surface area contributed by atoms with Crippen molar-refractivity contribution in [3.05, 3.63) is 29.8 Å². The first-order valence-corrected chi connectivity index (χ1v) is 6.47. The highest BCUT2D eigenvalue weighted by Crippen LogP contribution is 2.15. The summed E-state index contributed by atoms with van der Waals surface area (Å²) >= 11 is 0. The van der Waals surface area contributed by atoms with Crippen molar-refractivity contribution in [1.29, 1.82) is 0 Å². The average Bonchev–Trinajstić information content (AvgIpc) is 2.35. The van der Waals surface area contributed by atoms with E-state index in [1.165, 1.54) is 0 Å². The van der Waals surface area contributed by atoms with Crippen LogP contribution in [-0.2, 0) is 4.79 Å². The number of carbonyl (C=O) groups excluding carboxylic acids is 2. The van der Waals surface area contributed by atoms with Crippen molar-refractivity contribution < 1.29 is 9.59 Å². The van der Waals surface area contributed by atoms with Crippen molar-refractivity contribution in [2.45, 2.75) is 32.7 Å². The molecule has 1 unspecified atom stereocenters. The molecule has 5 heteroatoms. The Kier molecular flexibility index (Phi) is 6.02. The summed E-state index contributed by atoms with van der Waals surface area (Å²) in [6.45, 7) is 4.36. The number of hydrogen-bond donors (Lipinski definition) is 3. The maximum absolute atomic E-state index is 11.9. The molecule has 0 fully saturated rings. The van der Waals surface area contributed by atoms with E-state index in [1.807, 2.05) is 6.92 Å². The number of rotatable bonds is 6. The molecule has 0 aliphatic heterocycles. The summed E-state index contributed by atoms with van der Waals surface area (Å²) in [5, 5.41) is 5.51. The third-order valence-corrected chi connectivity index (χ3v) is 2.49. The lowest BCUT2D eigenvalue weighted by Crippen LogP contribution is -2.27. The molecule has 0 heterocycles. The minimum absolute atomic E-state index is 0.182. The number of carbonyl (C=O) groups is 2. The average molecular weight is 263 g/mol. The third kappa shape index (κ3) is 5.09. The van der Waals surface area contributed by atoms with Gasteiger partial charge in [0.15, 0.2) is 0 Å². The van der Waals surface area contributed by atoms with E-state index in [-0.39, 0.29) is 24.3 Å². The fourth-order valence-corrected chi connectivity index (χ4v) is 1.62. The zero-order valence-corrected chi connectivity index (χ0v) is 11.4. The number of para-hydroxylation sites is 1. The molecule has 1 rings (SSSR count). The van der Waals surface area contributed by atoms with Crippen LogP contribution in [0.2, 0.25) is 0 Å². The van der Waals surface area contributed by atoms with E-state index < -0.39 is 0 Å². The van der Waals surface area contributed by atoms with Crippen molar-refractivity contribution >= 4 is 17.5 Å². The molecule has 0 bridgehead atoms. The van der Waals surface area contributed by atoms with Crippen LogP contribution in [0, 0.1) is 0 Å². The Hall–Kier alpha value is -1.88. The molecule has 19 heavy (non-hydrogen) atoms. The van der Waals surface area contributed by atoms with Gasteiger partial charge in [-0.3, -0.25) is 9.59 Å². The Morgan fingerprint density at radius 3 is 2.63 bits per heavy atom. The third-order valence-electron chi connectivity index (χ3n) is 2.49. The summed E-state index contributed by atoms with van der Waals surface area (Å²) in [6.07, 6.45) is 1.09. The van der Waals surface area contributed by atoms with E-state index in [9.17, 15) is 9.59 Å². The molecular formula is C14H21N3O2. The van der Waals surface area contributed by atoms with Gasteiger partial charge in [0.25, 0.3) is 5.91 Å². The first kappa shape index (κ1) is 15.2. The molecule has 0 saturated heterocycles. The van der Waals surface area contributed by atoms with Gasteiger partial charge in [-0.2, -0.15) is 0 Å². The van der Waals surface area contributed by atoms with Gasteiger partial charge in [0.05, 0.1) is 11.3 Å². The molecule has 2 amide bonds. The molecule has 0 saturated carbocycles. The van der Waals surface area contributed by atoms with Crippen LogP contribution >= 0.6 is 0 Å². The first-order chi connectivity index (χ1) is 9.04. The highest BCUT2D eigenvalue weighted by Gasteiger charge is 2.13. The molecule has 0 spiro atoms. The lowest BCUT2D eigenvalue weighted by atomic mass is 10.1. The molecule has 5 nitrogen and oxygen atoms in total. The molecule has 104 valence electrons. The highest BCUT2D eigenvalue weighted by molar-refractivity contribution is 6.03. The second-order valence-corrected chi connectivity index (χ2v) is 4.53. The Labute approximate surface area is 113 Å². The van der Waals surface area contributed by atoms with Gasteiger partial charge in [0.1, 0.15) is 0 Å². The predicted molar refractivity (Wildman–Crippen MR) is 76.0 cm³/mol. The van der Waals surface area contributed by atoms with E-state index >= 15 is 0 Å². The van der Waals surface area contributed by atoms with Crippen molar-refractivity contribution in [3.63, 3.8) is 0 Å². The van der Waals surface area contributed by atoms with E-state index in [0.717, 1.165) is 6.42 Å². The Balaban J connectivity index is 2.78. The van der Waals surface area contributed by atoms with Crippen LogP contribution in [0.5, 0.6) is 0 Å². The van der Waals surface area contributed by atoms with Crippen molar-refractivity contribution in [1.82, 2.24) is 5.32 Å². The van der Waals surface area contributed by atoms with E-state index in [1.54, 1.807) is 31.2 Å². The maximum atomic E-state index is 11.9. The summed E-state index contributed by atoms with van der Waals surface area (Å²) in [5.41, 5.74) is 6.55. The highest BCUT2D eigenvalue weighted by atomic mass is 16.2. The molecule has 4 N–H and O–H groups in total. The number of nitrogens with one attached hydrogen (secondary N) is 2. The molecule has 1 atom stereocenters. The fourth-order valence-electron chi connectivity index (χ4n) is 1.62. The smallest absolute Gasteiger partial charge is 0.253 e. The van der Waals surface area contributed by atoms with Crippen molar-refractivity contribution in [3.8, 4) is 0 Å². The van der Waals surface area contributed by atoms with Gasteiger partial charge in [0.2, 0.25) is 5.91 Å². The standard InChI is InChI=1S/C14H21N3O2/c1-3-8-16-14(19)11-6-4-5-7-12(11)17-13(18)9-10(2)15/h4-7,10H,3,8-9,15H2,1-2H3,(H,16,19)(H,17,18). The quantitative estimate of drug-likeness (QED) is 0.727. The van der Waals surface area contributed by atoms with Gasteiger partial charge in [-0.15, -0.1) is 0 Å². The van der Waals surface area contributed by atoms with Crippen LogP contribution in [0.15, 0.2) is 24.3 Å². The van der Waals surface area contributed by atoms with Gasteiger partial charge in [-0.05, 0) is 25.5 Å². The number of nitrogens with two attached hydrogens (primary N) is 1. The van der Waals surface area contributed by atoms with Crippen LogP contribution in [0.1, 0.15) is 37.0 Å². The summed E-state index contributed by atoms with van der Waals surface area (Å²) in [4.78, 5) is 23.6. The molecular weight excluding hydrogens is 242 g/mol. The lowest BCUT2D eigenvalue weighted by Gasteiger charge is -2.12. The number of benzene rings is 1. The Bertz CT molecular complexity index is 444. The predicted octanol–water partition coefficient (Wildman–Crippen LogP) is 1.50. The van der Waals surface area contributed by atoms with Gasteiger partial charge < -0.3 is 16.4 Å². The molecule has 1 aromatic carbocycles. The topological polar surface area (TPSA) is 84.2 Å². The van der Waals surface area contributed by atoms with Gasteiger partial charge in [-0.25, -0.2) is 0 Å². The van der Waals surface area contributed by atoms with Crippen molar-refractivity contribution in [2.24, 2.45) is 5.73 Å². The zero-order valence-electron chi connectivity index (χ0n) is 11.4. The first-order valence-electron chi connectivity index (χ1n) is 6.47. The minimum Gasteiger partial charge on any atom is -0.352 e. The monoisotopic (exact) mass is 263 g/mol. The molecule has 1 aromatic rings. The van der Waals surface area contributed by atoms with Crippen LogP contribution in [-0.4, -0.2) is 24.4 Å². The number of hydrogen-bond acceptors (Lipinski definition) is 3. The van der Waals surface area contributed by atoms with Crippen LogP contribution < -0.4 is 16.4 Å². The number of anilines is 1. The lowest BCUT2D eigenvalue weighted by molar-refractivity contribution is -0.116. The summed E-state index contributed by atoms with van der Waals surface area (Å²) in [5.74, 6) is -0.371. The zero-order chi connectivity index (χ0) is 14.3. The molecule has 0 radical (unpaired) electrons. The van der Waals surface area contributed by atoms with Gasteiger partial charge in [0, 0.05) is 19.0 Å². The van der Waals surface area contributed by atoms with E-state index in [4.69, 9.17) is 5.73 Å². The van der Waals surface area contributed by atoms with Gasteiger partial charge >= 0.3 is 0 Å². The summed E-state index contributed by atoms with van der Waals surface area (Å²) in [6, 6.07) is 6.73. The second kappa shape index (κ2) is 7.53. The van der Waals surface area contributed by atoms with Gasteiger partial charge in [-0.1, -0.05) is 19.1 Å². The van der Waals surface area contributed by atoms with Crippen LogP contribution in [0.25, 0.3) is 0 Å². The molecule has 0 aromatic heterocycles. The minimum atomic E-state index is -0.207. The fraction of sp³-hybridized carbons (Fsp3) is 0.429. The normalized spacial score (nSPS) is 11.7. The molecule has 0 aliphatic rings. The Morgan fingerprint density at radius 2 is 2.00 bits per heavy atom. The van der Waals surface area contributed by atoms with E-state index in [2.05, 4.69) is 10.6 Å². The Morgan fingerprint density at radius 1 is 1.32 bits per heavy atom. The summed E-state index contributed by atoms with van der Waals surface area (Å²) in [7, 11) is 0. The summed E-state index contributed by atoms with van der Waals surface area (Å²) < 4.78 is 0. The van der Waals surface area contributed by atoms with Crippen LogP contribution in [0.3, 0.4) is 0 Å². The molecule has 0 aliphatic carbocycles. The SMILES string of the molecule is CCCNC(=O)c1ccccc1NC(=O)CC(C)N.